The number of pyridine rings is 5. The van der Waals surface area contributed by atoms with Crippen LogP contribution < -0.4 is 22.8 Å². The van der Waals surface area contributed by atoms with Crippen molar-refractivity contribution in [2.45, 2.75) is 151 Å². The van der Waals surface area contributed by atoms with Crippen LogP contribution in [0, 0.1) is 118 Å². The summed E-state index contributed by atoms with van der Waals surface area (Å²) in [6, 6.07) is 42.0. The van der Waals surface area contributed by atoms with Crippen molar-refractivity contribution in [3.63, 3.8) is 0 Å². The molecule has 0 spiro atoms. The van der Waals surface area contributed by atoms with Gasteiger partial charge in [-0.25, -0.2) is 22.8 Å². The highest BCUT2D eigenvalue weighted by molar-refractivity contribution is 5.68. The molecule has 5 aromatic heterocycles. The number of hydrogen-bond acceptors (Lipinski definition) is 0. The van der Waals surface area contributed by atoms with Gasteiger partial charge in [-0.05, 0) is 250 Å². The average Bonchev–Trinajstić information content (AvgIpc) is 0.781. The molecule has 452 valence electrons. The highest BCUT2D eigenvalue weighted by atomic mass is 14.9. The fraction of sp³-hybridized carbons (Fsp3) is 0.329. The Morgan fingerprint density at radius 3 is 1.22 bits per heavy atom. The van der Waals surface area contributed by atoms with Gasteiger partial charge >= 0.3 is 0 Å². The summed E-state index contributed by atoms with van der Waals surface area (Å²) < 4.78 is 102. The van der Waals surface area contributed by atoms with Gasteiger partial charge in [0.25, 0.3) is 0 Å². The van der Waals surface area contributed by atoms with Gasteiger partial charge in [-0.2, -0.15) is 0 Å². The zero-order chi connectivity index (χ0) is 74.5. The molecule has 0 amide bonds. The van der Waals surface area contributed by atoms with Crippen LogP contribution in [-0.2, 0) is 41.6 Å². The van der Waals surface area contributed by atoms with Crippen LogP contribution in [0.2, 0.25) is 0 Å². The van der Waals surface area contributed by atoms with Crippen LogP contribution in [0.25, 0.3) is 56.3 Å². The second-order valence-corrected chi connectivity index (χ2v) is 24.0. The maximum Gasteiger partial charge on any atom is 0.215 e. The maximum atomic E-state index is 8.24. The van der Waals surface area contributed by atoms with E-state index in [4.69, 9.17) is 16.4 Å². The van der Waals surface area contributed by atoms with Gasteiger partial charge in [-0.3, -0.25) is 0 Å². The third kappa shape index (κ3) is 16.7. The van der Waals surface area contributed by atoms with Gasteiger partial charge in [-0.15, -0.1) is 0 Å². The SMILES string of the molecule is Cc1cc(C)c(-c2cccc[n+]2C)cc1C.Cc1ccc(-c2cc(C)c(C)cc2C)[n+](C)c1.[2H]C([2H])([2H])C([2H])(C)c1ccc(-c2c(C)c(C)cc[n+]2C)c(C)c1.[2H]C([2H])([2H])C([2H])([2H])c1ccc(-c2c(C)c(C)cc[n+]2C)c(C)c1.[2H]C([2H])([2H])c1ccc(-c2c(C)c(C)cc[n+]2C)c(C)c1. The van der Waals surface area contributed by atoms with E-state index in [-0.39, 0.29) is 5.56 Å². The van der Waals surface area contributed by atoms with Crippen LogP contribution in [0.4, 0.5) is 0 Å². The second-order valence-electron chi connectivity index (χ2n) is 24.0. The first-order chi connectivity index (χ1) is 45.7. The van der Waals surface area contributed by atoms with Crippen molar-refractivity contribution in [1.29, 1.82) is 0 Å². The normalized spacial score (nSPS) is 14.0. The number of hydrogen-bond donors (Lipinski definition) is 0. The highest BCUT2D eigenvalue weighted by Crippen LogP contribution is 2.31. The minimum Gasteiger partial charge on any atom is -0.201 e. The summed E-state index contributed by atoms with van der Waals surface area (Å²) in [6.07, 6.45) is 7.96. The molecule has 0 bridgehead atoms. The molecule has 5 aromatic carbocycles. The molecule has 0 radical (unpaired) electrons. The predicted octanol–water partition coefficient (Wildman–Crippen LogP) is 17.8. The van der Waals surface area contributed by atoms with E-state index in [2.05, 4.69) is 208 Å². The minimum atomic E-state index is -2.69. The van der Waals surface area contributed by atoms with E-state index in [0.29, 0.717) is 11.1 Å². The van der Waals surface area contributed by atoms with Crippen molar-refractivity contribution >= 4 is 0 Å². The van der Waals surface area contributed by atoms with Crippen LogP contribution in [0.1, 0.15) is 149 Å². The smallest absolute Gasteiger partial charge is 0.201 e. The summed E-state index contributed by atoms with van der Waals surface area (Å²) in [6.45, 7) is 27.8. The second kappa shape index (κ2) is 30.0. The van der Waals surface area contributed by atoms with Crippen molar-refractivity contribution in [3.8, 4) is 56.3 Å². The molecule has 5 heterocycles. The van der Waals surface area contributed by atoms with Gasteiger partial charge in [0.15, 0.2) is 31.0 Å². The van der Waals surface area contributed by atoms with Gasteiger partial charge < -0.3 is 0 Å². The zero-order valence-corrected chi connectivity index (χ0v) is 56.2. The third-order valence-corrected chi connectivity index (χ3v) is 17.1. The fourth-order valence-corrected chi connectivity index (χ4v) is 11.2. The van der Waals surface area contributed by atoms with Crippen LogP contribution in [0.3, 0.4) is 0 Å². The lowest BCUT2D eigenvalue weighted by Crippen LogP contribution is -2.32. The lowest BCUT2D eigenvalue weighted by Gasteiger charge is -2.12. The summed E-state index contributed by atoms with van der Waals surface area (Å²) in [5.74, 6) is -1.61. The molecule has 10 aromatic rings. The number of nitrogens with zero attached hydrogens (tertiary/aromatic N) is 5. The molecule has 5 nitrogen and oxygen atoms in total. The van der Waals surface area contributed by atoms with Crippen LogP contribution in [0.5, 0.6) is 0 Å². The lowest BCUT2D eigenvalue weighted by atomic mass is 9.94. The van der Waals surface area contributed by atoms with Crippen molar-refractivity contribution in [1.82, 2.24) is 0 Å². The van der Waals surface area contributed by atoms with E-state index >= 15 is 0 Å². The van der Waals surface area contributed by atoms with E-state index in [1.807, 2.05) is 89.3 Å². The standard InChI is InChI=1S/C18H24N.C17H22N.2C16H20N.C15H18N/c1-12(2)16-7-8-17(14(4)11-16)18-15(5)13(3)9-10-19(18)6;1-6-15-7-8-16(13(3)11-15)17-14(4)12(2)9-10-18(17)5;1-11-6-7-16(17(5)10-11)15-9-13(3)12(2)8-14(15)4;1-11-6-7-15(13(3)10-11)16-14(4)12(2)8-9-17(16)5;1-11-9-13(3)14(10-12(11)2)15-7-5-6-8-16(15)4/h7-12H,1-6H3;7-11H,6H2,1-5H3;2*6-10H,1-5H3;5-10H,1-4H3/q5*+1/i1D3,12D;1D3,6D2;;1D3;. The molecule has 0 N–H and O–H groups in total. The molecular formula is C82H104N5+5. The monoisotopic (exact) mass is 1170 g/mol. The van der Waals surface area contributed by atoms with Crippen molar-refractivity contribution in [2.24, 2.45) is 35.2 Å². The summed E-state index contributed by atoms with van der Waals surface area (Å²) in [5.41, 5.74) is 32.2. The van der Waals surface area contributed by atoms with Crippen molar-refractivity contribution < 1.29 is 39.3 Å². The Bertz CT molecular complexity index is 4460. The largest absolute Gasteiger partial charge is 0.215 e. The Morgan fingerprint density at radius 1 is 0.368 bits per heavy atom. The Labute approximate surface area is 543 Å². The van der Waals surface area contributed by atoms with Crippen molar-refractivity contribution in [2.75, 3.05) is 0 Å². The first-order valence-corrected chi connectivity index (χ1v) is 30.0. The Kier molecular flexibility index (Phi) is 17.9. The molecule has 1 atom stereocenters. The van der Waals surface area contributed by atoms with E-state index in [1.54, 1.807) is 30.3 Å². The summed E-state index contributed by atoms with van der Waals surface area (Å²) >= 11 is 0. The maximum absolute atomic E-state index is 8.24. The summed E-state index contributed by atoms with van der Waals surface area (Å²) in [7, 11) is 10.2. The van der Waals surface area contributed by atoms with Gasteiger partial charge in [0.2, 0.25) is 28.5 Å². The number of rotatable bonds is 7. The average molecular weight is 1170 g/mol. The van der Waals surface area contributed by atoms with Crippen LogP contribution in [-0.4, -0.2) is 0 Å². The predicted molar refractivity (Wildman–Crippen MR) is 369 cm³/mol. The van der Waals surface area contributed by atoms with Crippen LogP contribution in [0.15, 0.2) is 158 Å². The summed E-state index contributed by atoms with van der Waals surface area (Å²) in [5, 5.41) is 0. The summed E-state index contributed by atoms with van der Waals surface area (Å²) in [4.78, 5) is 0. The third-order valence-electron chi connectivity index (χ3n) is 17.1. The molecule has 0 aliphatic heterocycles. The van der Waals surface area contributed by atoms with E-state index in [9.17, 15) is 0 Å². The number of benzene rings is 5. The first-order valence-electron chi connectivity index (χ1n) is 36.0. The van der Waals surface area contributed by atoms with Crippen molar-refractivity contribution in [3.05, 3.63) is 264 Å². The molecule has 0 aliphatic carbocycles. The van der Waals surface area contributed by atoms with Gasteiger partial charge in [0.05, 0.1) is 0 Å². The molecular weight excluding hydrogens is 1050 g/mol. The molecule has 1 unspecified atom stereocenters. The Morgan fingerprint density at radius 2 is 0.793 bits per heavy atom. The molecule has 0 saturated heterocycles. The minimum absolute atomic E-state index is 0.187. The molecule has 5 heteroatoms. The van der Waals surface area contributed by atoms with Gasteiger partial charge in [-0.1, -0.05) is 74.7 Å². The van der Waals surface area contributed by atoms with E-state index in [0.717, 1.165) is 56.0 Å². The Hall–Kier alpha value is -8.15. The topological polar surface area (TPSA) is 19.4 Å². The lowest BCUT2D eigenvalue weighted by molar-refractivity contribution is -0.660. The van der Waals surface area contributed by atoms with E-state index in [1.165, 1.54) is 96.2 Å². The number of aromatic nitrogens is 5. The fourth-order valence-electron chi connectivity index (χ4n) is 11.2. The van der Waals surface area contributed by atoms with Crippen LogP contribution >= 0.6 is 0 Å². The molecule has 0 aliphatic rings. The quantitative estimate of drug-likeness (QED) is 0.142. The molecule has 0 fully saturated rings. The van der Waals surface area contributed by atoms with E-state index < -0.39 is 32.8 Å². The number of aryl methyl sites for hydroxylation is 20. The molecule has 0 saturated carbocycles. The first kappa shape index (κ1) is 52.0. The highest BCUT2D eigenvalue weighted by Gasteiger charge is 2.21. The molecule has 10 rings (SSSR count). The molecule has 87 heavy (non-hydrogen) atoms. The Balaban J connectivity index is 0.000000196. The van der Waals surface area contributed by atoms with Gasteiger partial charge in [0.1, 0.15) is 35.2 Å². The zero-order valence-electron chi connectivity index (χ0n) is 68.2. The van der Waals surface area contributed by atoms with Gasteiger partial charge in [0, 0.05) is 103 Å².